The molecule has 0 aliphatic rings. The van der Waals surface area contributed by atoms with Crippen LogP contribution in [-0.4, -0.2) is 0 Å². The third-order valence-corrected chi connectivity index (χ3v) is 4.48. The first-order valence-electron chi connectivity index (χ1n) is 6.99. The Labute approximate surface area is 151 Å². The summed E-state index contributed by atoms with van der Waals surface area (Å²) >= 11 is 9.45. The molecular formula is C19H10BrClF3. The molecule has 0 N–H and O–H groups in total. The zero-order chi connectivity index (χ0) is 17.3. The van der Waals surface area contributed by atoms with Crippen LogP contribution in [0.4, 0.5) is 13.2 Å². The molecule has 0 amide bonds. The fourth-order valence-electron chi connectivity index (χ4n) is 2.49. The molecule has 0 saturated heterocycles. The summed E-state index contributed by atoms with van der Waals surface area (Å²) in [7, 11) is 0. The van der Waals surface area contributed by atoms with E-state index in [2.05, 4.69) is 22.0 Å². The quantitative estimate of drug-likeness (QED) is 0.417. The van der Waals surface area contributed by atoms with Crippen LogP contribution in [0.25, 0.3) is 22.3 Å². The van der Waals surface area contributed by atoms with Crippen molar-refractivity contribution in [2.24, 2.45) is 0 Å². The Morgan fingerprint density at radius 1 is 0.917 bits per heavy atom. The Morgan fingerprint density at radius 2 is 1.67 bits per heavy atom. The van der Waals surface area contributed by atoms with Crippen molar-refractivity contribution in [3.8, 4) is 22.3 Å². The van der Waals surface area contributed by atoms with Crippen molar-refractivity contribution in [1.82, 2.24) is 0 Å². The van der Waals surface area contributed by atoms with Crippen molar-refractivity contribution in [1.29, 1.82) is 0 Å². The van der Waals surface area contributed by atoms with E-state index in [0.717, 1.165) is 17.2 Å². The van der Waals surface area contributed by atoms with E-state index in [9.17, 15) is 13.2 Å². The zero-order valence-electron chi connectivity index (χ0n) is 12.2. The van der Waals surface area contributed by atoms with Crippen molar-refractivity contribution in [2.45, 2.75) is 6.18 Å². The lowest BCUT2D eigenvalue weighted by atomic mass is 9.97. The van der Waals surface area contributed by atoms with E-state index < -0.39 is 11.7 Å². The highest BCUT2D eigenvalue weighted by molar-refractivity contribution is 9.10. The van der Waals surface area contributed by atoms with E-state index in [4.69, 9.17) is 11.6 Å². The molecule has 1 radical (unpaired) electrons. The van der Waals surface area contributed by atoms with Gasteiger partial charge in [-0.2, -0.15) is 13.2 Å². The van der Waals surface area contributed by atoms with Gasteiger partial charge in [-0.15, -0.1) is 0 Å². The average Bonchev–Trinajstić information content (AvgIpc) is 2.54. The van der Waals surface area contributed by atoms with Gasteiger partial charge in [0, 0.05) is 9.50 Å². The fourth-order valence-corrected chi connectivity index (χ4v) is 3.29. The summed E-state index contributed by atoms with van der Waals surface area (Å²) in [6.07, 6.45) is -4.43. The Balaban J connectivity index is 2.09. The lowest BCUT2D eigenvalue weighted by Gasteiger charge is -2.14. The fraction of sp³-hybridized carbons (Fsp3) is 0.0526. The van der Waals surface area contributed by atoms with E-state index in [1.54, 1.807) is 30.3 Å². The van der Waals surface area contributed by atoms with Gasteiger partial charge in [-0.25, -0.2) is 0 Å². The monoisotopic (exact) mass is 409 g/mol. The maximum Gasteiger partial charge on any atom is 0.417 e. The number of hydrogen-bond acceptors (Lipinski definition) is 0. The normalized spacial score (nSPS) is 11.5. The number of hydrogen-bond donors (Lipinski definition) is 0. The van der Waals surface area contributed by atoms with E-state index >= 15 is 0 Å². The summed E-state index contributed by atoms with van der Waals surface area (Å²) in [4.78, 5) is 0. The summed E-state index contributed by atoms with van der Waals surface area (Å²) in [6, 6.07) is 18.8. The van der Waals surface area contributed by atoms with Crippen LogP contribution >= 0.6 is 27.5 Å². The minimum atomic E-state index is -4.43. The van der Waals surface area contributed by atoms with Crippen LogP contribution < -0.4 is 0 Å². The van der Waals surface area contributed by atoms with Crippen LogP contribution in [0.2, 0.25) is 5.02 Å². The molecule has 0 aromatic heterocycles. The second-order valence-electron chi connectivity index (χ2n) is 5.17. The largest absolute Gasteiger partial charge is 0.417 e. The van der Waals surface area contributed by atoms with Crippen molar-refractivity contribution >= 4 is 27.5 Å². The number of halogens is 5. The highest BCUT2D eigenvalue weighted by atomic mass is 79.9. The van der Waals surface area contributed by atoms with Gasteiger partial charge in [0.1, 0.15) is 0 Å². The Bertz CT molecular complexity index is 888. The lowest BCUT2D eigenvalue weighted by molar-refractivity contribution is -0.137. The molecular weight excluding hydrogens is 401 g/mol. The van der Waals surface area contributed by atoms with E-state index in [0.29, 0.717) is 15.1 Å². The minimum absolute atomic E-state index is 0.125. The Kier molecular flexibility index (Phi) is 4.70. The topological polar surface area (TPSA) is 0 Å². The third kappa shape index (κ3) is 3.50. The van der Waals surface area contributed by atoms with Crippen LogP contribution in [0, 0.1) is 6.07 Å². The maximum absolute atomic E-state index is 13.2. The predicted octanol–water partition coefficient (Wildman–Crippen LogP) is 7.26. The minimum Gasteiger partial charge on any atom is -0.166 e. The van der Waals surface area contributed by atoms with Gasteiger partial charge in [0.2, 0.25) is 0 Å². The maximum atomic E-state index is 13.2. The van der Waals surface area contributed by atoms with Crippen molar-refractivity contribution in [3.05, 3.63) is 81.8 Å². The average molecular weight is 411 g/mol. The first-order valence-corrected chi connectivity index (χ1v) is 8.16. The highest BCUT2D eigenvalue weighted by Gasteiger charge is 2.33. The van der Waals surface area contributed by atoms with Crippen LogP contribution in [0.3, 0.4) is 0 Å². The molecule has 0 saturated carbocycles. The Hall–Kier alpha value is -1.78. The van der Waals surface area contributed by atoms with Crippen LogP contribution in [0.5, 0.6) is 0 Å². The second kappa shape index (κ2) is 6.61. The molecule has 0 fully saturated rings. The lowest BCUT2D eigenvalue weighted by Crippen LogP contribution is -2.06. The van der Waals surface area contributed by atoms with Gasteiger partial charge in [-0.05, 0) is 52.6 Å². The van der Waals surface area contributed by atoms with Gasteiger partial charge in [0.25, 0.3) is 0 Å². The summed E-state index contributed by atoms with van der Waals surface area (Å²) in [5, 5.41) is 0.599. The first kappa shape index (κ1) is 17.1. The molecule has 121 valence electrons. The van der Waals surface area contributed by atoms with Crippen molar-refractivity contribution in [3.63, 3.8) is 0 Å². The molecule has 0 nitrogen and oxygen atoms in total. The van der Waals surface area contributed by atoms with Gasteiger partial charge in [-0.1, -0.05) is 63.9 Å². The SMILES string of the molecule is FC(F)(F)c1c[c]ccc1-c1ccc(-c2cccc(Cl)c2)c(Br)c1. The van der Waals surface area contributed by atoms with Crippen molar-refractivity contribution < 1.29 is 13.2 Å². The second-order valence-corrected chi connectivity index (χ2v) is 6.47. The molecule has 0 heterocycles. The molecule has 24 heavy (non-hydrogen) atoms. The summed E-state index contributed by atoms with van der Waals surface area (Å²) in [5.74, 6) is 0. The zero-order valence-corrected chi connectivity index (χ0v) is 14.5. The highest BCUT2D eigenvalue weighted by Crippen LogP contribution is 2.39. The van der Waals surface area contributed by atoms with Gasteiger partial charge in [0.15, 0.2) is 0 Å². The summed E-state index contributed by atoms with van der Waals surface area (Å²) in [6.45, 7) is 0. The van der Waals surface area contributed by atoms with Gasteiger partial charge in [-0.3, -0.25) is 0 Å². The number of rotatable bonds is 2. The van der Waals surface area contributed by atoms with E-state index in [-0.39, 0.29) is 5.56 Å². The molecule has 3 rings (SSSR count). The summed E-state index contributed by atoms with van der Waals surface area (Å²) in [5.41, 5.74) is 1.65. The van der Waals surface area contributed by atoms with E-state index in [1.165, 1.54) is 12.1 Å². The van der Waals surface area contributed by atoms with Gasteiger partial charge in [0.05, 0.1) is 5.56 Å². The Morgan fingerprint density at radius 3 is 2.33 bits per heavy atom. The molecule has 0 atom stereocenters. The van der Waals surface area contributed by atoms with Crippen molar-refractivity contribution in [2.75, 3.05) is 0 Å². The molecule has 3 aromatic rings. The van der Waals surface area contributed by atoms with Crippen LogP contribution in [-0.2, 0) is 6.18 Å². The molecule has 0 spiro atoms. The molecule has 3 aromatic carbocycles. The number of benzene rings is 3. The molecule has 0 aliphatic heterocycles. The molecule has 0 unspecified atom stereocenters. The van der Waals surface area contributed by atoms with Gasteiger partial charge >= 0.3 is 6.18 Å². The van der Waals surface area contributed by atoms with Gasteiger partial charge < -0.3 is 0 Å². The predicted molar refractivity (Wildman–Crippen MR) is 93.9 cm³/mol. The number of alkyl halides is 3. The van der Waals surface area contributed by atoms with Crippen LogP contribution in [0.1, 0.15) is 5.56 Å². The molecule has 0 aliphatic carbocycles. The third-order valence-electron chi connectivity index (χ3n) is 3.59. The molecule has 5 heteroatoms. The standard InChI is InChI=1S/C19H10BrClF3/c20-18-11-13(15-6-1-2-7-17(15)19(22,23)24)8-9-16(18)12-4-3-5-14(21)10-12/h1,3-11H. The molecule has 0 bridgehead atoms. The van der Waals surface area contributed by atoms with Crippen LogP contribution in [0.15, 0.2) is 65.1 Å². The van der Waals surface area contributed by atoms with E-state index in [1.807, 2.05) is 12.1 Å². The first-order chi connectivity index (χ1) is 11.4. The smallest absolute Gasteiger partial charge is 0.166 e. The summed E-state index contributed by atoms with van der Waals surface area (Å²) < 4.78 is 40.2.